The smallest absolute Gasteiger partial charge is 0.393 e. The number of ether oxygens (including phenoxy) is 2. The van der Waals surface area contributed by atoms with E-state index in [1.165, 1.54) is 0 Å². The van der Waals surface area contributed by atoms with Gasteiger partial charge < -0.3 is 30.1 Å². The highest BCUT2D eigenvalue weighted by Gasteiger charge is 2.75. The van der Waals surface area contributed by atoms with Crippen molar-refractivity contribution >= 4 is 27.2 Å². The monoisotopic (exact) mass is 633 g/mol. The van der Waals surface area contributed by atoms with Crippen molar-refractivity contribution in [2.45, 2.75) is 83.4 Å². The van der Waals surface area contributed by atoms with E-state index in [9.17, 15) is 33.6 Å². The molecule has 0 aromatic rings. The van der Waals surface area contributed by atoms with Crippen LogP contribution >= 0.6 is 15.6 Å². The van der Waals surface area contributed by atoms with Crippen LogP contribution in [0.5, 0.6) is 0 Å². The number of carbonyl (C=O) groups is 2. The average Bonchev–Trinajstić information content (AvgIpc) is 3.38. The molecule has 0 amide bonds. The molecule has 15 heteroatoms. The van der Waals surface area contributed by atoms with E-state index < -0.39 is 69.6 Å². The number of ketones is 2. The Balaban J connectivity index is 1.43. The summed E-state index contributed by atoms with van der Waals surface area (Å²) in [6.07, 6.45) is 6.19. The molecule has 236 valence electrons. The van der Waals surface area contributed by atoms with Crippen LogP contribution in [0.25, 0.3) is 0 Å². The van der Waals surface area contributed by atoms with Crippen molar-refractivity contribution in [1.29, 1.82) is 0 Å². The van der Waals surface area contributed by atoms with Gasteiger partial charge in [-0.25, -0.2) is 9.13 Å². The number of nitrogens with two attached hydrogens (primary N) is 1. The summed E-state index contributed by atoms with van der Waals surface area (Å²) in [7, 11) is -10.2. The van der Waals surface area contributed by atoms with Crippen LogP contribution in [0.1, 0.15) is 59.3 Å². The minimum Gasteiger partial charge on any atom is -0.393 e. The van der Waals surface area contributed by atoms with Gasteiger partial charge in [0, 0.05) is 23.3 Å². The predicted molar refractivity (Wildman–Crippen MR) is 147 cm³/mol. The number of phosphoric acid groups is 2. The van der Waals surface area contributed by atoms with Crippen LogP contribution in [-0.4, -0.2) is 70.3 Å². The third kappa shape index (κ3) is 5.28. The second kappa shape index (κ2) is 11.4. The SMILES string of the molecule is CCCC1O[C@@H]2C[C@H]3[C@@H]4CCC5=CC(=O)C=C[C@]5(C)[C@H]4[C@@H](O)C[C@]3(C)[C@]2(C(=O)COP(=O)(O)OP(=O)(O)OCCN)O1. The zero-order chi connectivity index (χ0) is 30.7. The number of hydrogen-bond donors (Lipinski definition) is 4. The van der Waals surface area contributed by atoms with Crippen LogP contribution in [0.15, 0.2) is 23.8 Å². The highest BCUT2D eigenvalue weighted by Crippen LogP contribution is 2.70. The molecule has 5 rings (SSSR count). The van der Waals surface area contributed by atoms with Crippen molar-refractivity contribution in [2.75, 3.05) is 19.8 Å². The number of aliphatic hydroxyl groups is 1. The van der Waals surface area contributed by atoms with Crippen molar-refractivity contribution in [3.8, 4) is 0 Å². The zero-order valence-electron chi connectivity index (χ0n) is 24.0. The van der Waals surface area contributed by atoms with Crippen LogP contribution in [0, 0.1) is 28.6 Å². The molecule has 4 aliphatic carbocycles. The Morgan fingerprint density at radius 3 is 2.62 bits per heavy atom. The molecule has 5 aliphatic rings. The highest BCUT2D eigenvalue weighted by atomic mass is 31.3. The fraction of sp³-hybridized carbons (Fsp3) is 0.778. The predicted octanol–water partition coefficient (Wildman–Crippen LogP) is 2.93. The van der Waals surface area contributed by atoms with Crippen molar-refractivity contribution in [3.63, 3.8) is 0 Å². The molecule has 42 heavy (non-hydrogen) atoms. The lowest BCUT2D eigenvalue weighted by atomic mass is 9.46. The molecule has 5 N–H and O–H groups in total. The fourth-order valence-corrected chi connectivity index (χ4v) is 10.6. The third-order valence-corrected chi connectivity index (χ3v) is 12.8. The summed E-state index contributed by atoms with van der Waals surface area (Å²) < 4.78 is 51.0. The molecule has 0 spiro atoms. The van der Waals surface area contributed by atoms with E-state index in [2.05, 4.69) is 15.8 Å². The first-order valence-corrected chi connectivity index (χ1v) is 17.5. The third-order valence-electron chi connectivity index (χ3n) is 10.2. The number of rotatable bonds is 11. The number of allylic oxidation sites excluding steroid dienone is 4. The quantitative estimate of drug-likeness (QED) is 0.242. The van der Waals surface area contributed by atoms with Crippen LogP contribution in [-0.2, 0) is 41.6 Å². The Kier molecular flexibility index (Phi) is 8.75. The molecule has 4 fully saturated rings. The van der Waals surface area contributed by atoms with Gasteiger partial charge in [0.25, 0.3) is 0 Å². The number of Topliss-reactive ketones (excluding diaryl/α,β-unsaturated/α-hetero) is 1. The molecule has 1 aliphatic heterocycles. The van der Waals surface area contributed by atoms with Gasteiger partial charge in [-0.2, -0.15) is 4.31 Å². The van der Waals surface area contributed by atoms with Crippen molar-refractivity contribution in [1.82, 2.24) is 0 Å². The van der Waals surface area contributed by atoms with Gasteiger partial charge in [-0.05, 0) is 56.1 Å². The second-order valence-corrected chi connectivity index (χ2v) is 15.5. The van der Waals surface area contributed by atoms with E-state index in [0.29, 0.717) is 25.7 Å². The summed E-state index contributed by atoms with van der Waals surface area (Å²) in [5.41, 5.74) is 3.20. The van der Waals surface area contributed by atoms with Crippen molar-refractivity contribution in [2.24, 2.45) is 34.3 Å². The molecule has 1 saturated heterocycles. The maximum absolute atomic E-state index is 14.1. The molecule has 1 heterocycles. The fourth-order valence-electron chi connectivity index (χ4n) is 8.60. The summed E-state index contributed by atoms with van der Waals surface area (Å²) in [5, 5.41) is 11.8. The lowest BCUT2D eigenvalue weighted by molar-refractivity contribution is -0.200. The lowest BCUT2D eigenvalue weighted by Crippen LogP contribution is -2.63. The average molecular weight is 634 g/mol. The molecule has 13 nitrogen and oxygen atoms in total. The van der Waals surface area contributed by atoms with Gasteiger partial charge in [0.1, 0.15) is 6.61 Å². The van der Waals surface area contributed by atoms with E-state index in [-0.39, 0.29) is 36.5 Å². The van der Waals surface area contributed by atoms with Gasteiger partial charge in [-0.1, -0.05) is 38.8 Å². The molecule has 0 radical (unpaired) electrons. The Morgan fingerprint density at radius 2 is 1.93 bits per heavy atom. The topological polar surface area (TPSA) is 201 Å². The zero-order valence-corrected chi connectivity index (χ0v) is 25.8. The van der Waals surface area contributed by atoms with Gasteiger partial charge in [0.2, 0.25) is 0 Å². The largest absolute Gasteiger partial charge is 0.481 e. The van der Waals surface area contributed by atoms with Crippen LogP contribution in [0.2, 0.25) is 0 Å². The summed E-state index contributed by atoms with van der Waals surface area (Å²) in [6.45, 7) is 4.39. The molecule has 0 aromatic carbocycles. The Morgan fingerprint density at radius 1 is 1.21 bits per heavy atom. The van der Waals surface area contributed by atoms with Gasteiger partial charge in [0.05, 0.1) is 18.8 Å². The van der Waals surface area contributed by atoms with Crippen molar-refractivity contribution in [3.05, 3.63) is 23.8 Å². The Bertz CT molecular complexity index is 1270. The van der Waals surface area contributed by atoms with E-state index in [0.717, 1.165) is 12.0 Å². The van der Waals surface area contributed by atoms with Crippen LogP contribution in [0.3, 0.4) is 0 Å². The first-order chi connectivity index (χ1) is 19.6. The lowest BCUT2D eigenvalue weighted by Gasteiger charge is -2.59. The van der Waals surface area contributed by atoms with E-state index in [1.54, 1.807) is 12.2 Å². The van der Waals surface area contributed by atoms with Crippen LogP contribution in [0.4, 0.5) is 0 Å². The summed E-state index contributed by atoms with van der Waals surface area (Å²) in [5.74, 6) is -1.05. The summed E-state index contributed by atoms with van der Waals surface area (Å²) in [4.78, 5) is 46.1. The molecular formula is C27H41NO12P2. The second-order valence-electron chi connectivity index (χ2n) is 12.5. The van der Waals surface area contributed by atoms with E-state index in [1.807, 2.05) is 19.9 Å². The normalized spacial score (nSPS) is 43.4. The highest BCUT2D eigenvalue weighted by molar-refractivity contribution is 7.61. The van der Waals surface area contributed by atoms with Gasteiger partial charge in [-0.3, -0.25) is 18.6 Å². The van der Waals surface area contributed by atoms with Gasteiger partial charge >= 0.3 is 15.6 Å². The Hall–Kier alpha value is -1.08. The molecule has 3 saturated carbocycles. The molecule has 11 atom stereocenters. The number of aliphatic hydroxyl groups excluding tert-OH is 1. The molecular weight excluding hydrogens is 592 g/mol. The van der Waals surface area contributed by atoms with Crippen LogP contribution < -0.4 is 5.73 Å². The standard InChI is InChI=1S/C27H41NO12P2/c1-4-5-23-38-22-13-19-18-7-6-16-12-17(29)8-9-25(16,2)24(18)20(30)14-26(19,3)27(22,39-23)21(31)15-37-42(34,35)40-41(32,33)36-11-10-28/h8-9,12,18-20,22-24,30H,4-7,10-11,13-15,28H2,1-3H3,(H,32,33)(H,34,35)/t18-,19-,20-,22+,23?,24+,25-,26-,27+/m0/s1. The first kappa shape index (κ1) is 32.3. The van der Waals surface area contributed by atoms with E-state index >= 15 is 0 Å². The number of fused-ring (bicyclic) bond motifs is 7. The molecule has 0 aromatic heterocycles. The summed E-state index contributed by atoms with van der Waals surface area (Å²) in [6, 6.07) is 0. The maximum Gasteiger partial charge on any atom is 0.481 e. The first-order valence-electron chi connectivity index (χ1n) is 14.5. The molecule has 0 bridgehead atoms. The minimum absolute atomic E-state index is 0.0148. The number of hydrogen-bond acceptors (Lipinski definition) is 11. The van der Waals surface area contributed by atoms with Gasteiger partial charge in [-0.15, -0.1) is 0 Å². The number of phosphoric ester groups is 2. The maximum atomic E-state index is 14.1. The van der Waals surface area contributed by atoms with E-state index in [4.69, 9.17) is 19.7 Å². The van der Waals surface area contributed by atoms with Gasteiger partial charge in [0.15, 0.2) is 23.5 Å². The van der Waals surface area contributed by atoms with Crippen molar-refractivity contribution < 1.29 is 56.4 Å². The summed E-state index contributed by atoms with van der Waals surface area (Å²) >= 11 is 0. The molecule has 3 unspecified atom stereocenters. The Labute approximate surface area is 245 Å². The minimum atomic E-state index is -5.23. The number of carbonyl (C=O) groups excluding carboxylic acids is 2.